The summed E-state index contributed by atoms with van der Waals surface area (Å²) in [6, 6.07) is 5.84. The van der Waals surface area contributed by atoms with E-state index in [0.29, 0.717) is 5.56 Å². The number of nitrogens with zero attached hydrogens (tertiary/aromatic N) is 2. The molecule has 1 heterocycles. The third-order valence-corrected chi connectivity index (χ3v) is 2.47. The van der Waals surface area contributed by atoms with Gasteiger partial charge in [0.1, 0.15) is 0 Å². The summed E-state index contributed by atoms with van der Waals surface area (Å²) in [4.78, 5) is 4.42. The van der Waals surface area contributed by atoms with Gasteiger partial charge in [-0.3, -0.25) is 10.1 Å². The molecule has 0 aliphatic rings. The molecule has 0 saturated heterocycles. The second-order valence-electron chi connectivity index (χ2n) is 3.90. The average Bonchev–Trinajstić information content (AvgIpc) is 2.70. The molecule has 0 bridgehead atoms. The number of nitrogens with one attached hydrogen (secondary N) is 1. The molecular formula is C11H14N4O. The molecular weight excluding hydrogens is 204 g/mol. The lowest BCUT2D eigenvalue weighted by molar-refractivity contribution is 0.319. The summed E-state index contributed by atoms with van der Waals surface area (Å²) in [6.45, 7) is 4.12. The van der Waals surface area contributed by atoms with Gasteiger partial charge in [-0.05, 0) is 26.0 Å². The van der Waals surface area contributed by atoms with E-state index in [1.54, 1.807) is 6.07 Å². The van der Waals surface area contributed by atoms with Crippen molar-refractivity contribution in [3.8, 4) is 0 Å². The largest absolute Gasteiger partial charge is 0.391 e. The molecule has 2 rings (SSSR count). The summed E-state index contributed by atoms with van der Waals surface area (Å²) in [5.41, 5.74) is 1.63. The van der Waals surface area contributed by atoms with Crippen LogP contribution in [-0.2, 0) is 4.84 Å². The van der Waals surface area contributed by atoms with Crippen LogP contribution < -0.4 is 5.90 Å². The van der Waals surface area contributed by atoms with E-state index in [0.717, 1.165) is 10.9 Å². The standard InChI is InChI=1S/C11H14N4O/c1-7(2)15-10-5-8(11(12)16-13)3-4-9(10)6-14-15/h3-7,12H,13H2,1-2H3. The maximum atomic E-state index is 7.51. The number of nitrogens with two attached hydrogens (primary N) is 1. The summed E-state index contributed by atoms with van der Waals surface area (Å²) in [6.07, 6.45) is 1.81. The van der Waals surface area contributed by atoms with Crippen LogP contribution in [-0.4, -0.2) is 15.7 Å². The predicted octanol–water partition coefficient (Wildman–Crippen LogP) is 1.83. The zero-order chi connectivity index (χ0) is 11.7. The zero-order valence-electron chi connectivity index (χ0n) is 9.27. The van der Waals surface area contributed by atoms with Crippen molar-refractivity contribution in [2.24, 2.45) is 5.90 Å². The van der Waals surface area contributed by atoms with E-state index in [9.17, 15) is 0 Å². The zero-order valence-corrected chi connectivity index (χ0v) is 9.27. The minimum absolute atomic E-state index is 0.0431. The Bertz CT molecular complexity index is 530. The summed E-state index contributed by atoms with van der Waals surface area (Å²) in [5.74, 6) is 4.93. The van der Waals surface area contributed by atoms with Crippen molar-refractivity contribution >= 4 is 16.8 Å². The molecule has 0 aliphatic heterocycles. The molecule has 0 unspecified atom stereocenters. The Labute approximate surface area is 93.3 Å². The van der Waals surface area contributed by atoms with Crippen molar-refractivity contribution in [3.05, 3.63) is 30.0 Å². The summed E-state index contributed by atoms with van der Waals surface area (Å²) in [5, 5.41) is 12.8. The number of hydrogen-bond donors (Lipinski definition) is 2. The summed E-state index contributed by atoms with van der Waals surface area (Å²) >= 11 is 0. The van der Waals surface area contributed by atoms with Gasteiger partial charge >= 0.3 is 0 Å². The van der Waals surface area contributed by atoms with Gasteiger partial charge in [-0.1, -0.05) is 6.07 Å². The minimum Gasteiger partial charge on any atom is -0.391 e. The molecule has 0 spiro atoms. The third-order valence-electron chi connectivity index (χ3n) is 2.47. The van der Waals surface area contributed by atoms with Gasteiger partial charge in [-0.25, -0.2) is 0 Å². The van der Waals surface area contributed by atoms with Crippen LogP contribution in [0, 0.1) is 5.41 Å². The Kier molecular flexibility index (Phi) is 2.62. The van der Waals surface area contributed by atoms with E-state index >= 15 is 0 Å². The number of benzene rings is 1. The van der Waals surface area contributed by atoms with Crippen LogP contribution >= 0.6 is 0 Å². The Balaban J connectivity index is 2.58. The maximum absolute atomic E-state index is 7.51. The van der Waals surface area contributed by atoms with Crippen LogP contribution in [0.5, 0.6) is 0 Å². The first kappa shape index (κ1) is 10.6. The first-order valence-electron chi connectivity index (χ1n) is 5.06. The Hall–Kier alpha value is -1.88. The quantitative estimate of drug-likeness (QED) is 0.458. The topological polar surface area (TPSA) is 76.9 Å². The second kappa shape index (κ2) is 3.94. The molecule has 2 aromatic rings. The molecule has 1 aromatic heterocycles. The fourth-order valence-electron chi connectivity index (χ4n) is 1.66. The SMILES string of the molecule is CC(C)n1ncc2ccc(C(=N)ON)cc21. The van der Waals surface area contributed by atoms with Crippen LogP contribution in [0.4, 0.5) is 0 Å². The van der Waals surface area contributed by atoms with Gasteiger partial charge in [-0.15, -0.1) is 0 Å². The normalized spacial score (nSPS) is 11.0. The van der Waals surface area contributed by atoms with Gasteiger partial charge < -0.3 is 4.84 Å². The fraction of sp³-hybridized carbons (Fsp3) is 0.273. The van der Waals surface area contributed by atoms with Gasteiger partial charge in [-0.2, -0.15) is 11.0 Å². The van der Waals surface area contributed by atoms with E-state index < -0.39 is 0 Å². The van der Waals surface area contributed by atoms with Gasteiger partial charge in [0.2, 0.25) is 5.90 Å². The summed E-state index contributed by atoms with van der Waals surface area (Å²) in [7, 11) is 0. The van der Waals surface area contributed by atoms with Gasteiger partial charge in [0, 0.05) is 17.0 Å². The van der Waals surface area contributed by atoms with Crippen LogP contribution in [0.2, 0.25) is 0 Å². The lowest BCUT2D eigenvalue weighted by Crippen LogP contribution is -2.10. The number of hydrogen-bond acceptors (Lipinski definition) is 4. The Morgan fingerprint density at radius 3 is 2.88 bits per heavy atom. The number of fused-ring (bicyclic) bond motifs is 1. The molecule has 5 heteroatoms. The van der Waals surface area contributed by atoms with Crippen molar-refractivity contribution in [1.29, 1.82) is 5.41 Å². The number of aromatic nitrogens is 2. The van der Waals surface area contributed by atoms with Crippen molar-refractivity contribution < 1.29 is 4.84 Å². The molecule has 1 aromatic carbocycles. The number of rotatable bonds is 2. The lowest BCUT2D eigenvalue weighted by Gasteiger charge is -2.08. The highest BCUT2D eigenvalue weighted by Crippen LogP contribution is 2.19. The summed E-state index contributed by atoms with van der Waals surface area (Å²) < 4.78 is 1.91. The van der Waals surface area contributed by atoms with E-state index in [2.05, 4.69) is 23.8 Å². The molecule has 0 saturated carbocycles. The van der Waals surface area contributed by atoms with Crippen LogP contribution in [0.25, 0.3) is 10.9 Å². The van der Waals surface area contributed by atoms with Crippen molar-refractivity contribution in [2.45, 2.75) is 19.9 Å². The van der Waals surface area contributed by atoms with Gasteiger partial charge in [0.05, 0.1) is 11.7 Å². The highest BCUT2D eigenvalue weighted by molar-refractivity contribution is 5.95. The van der Waals surface area contributed by atoms with Gasteiger partial charge in [0.15, 0.2) is 0 Å². The molecule has 0 amide bonds. The average molecular weight is 218 g/mol. The molecule has 0 radical (unpaired) electrons. The van der Waals surface area contributed by atoms with Crippen LogP contribution in [0.1, 0.15) is 25.5 Å². The molecule has 0 atom stereocenters. The molecule has 84 valence electrons. The first-order chi connectivity index (χ1) is 7.63. The van der Waals surface area contributed by atoms with Gasteiger partial charge in [0.25, 0.3) is 0 Å². The smallest absolute Gasteiger partial charge is 0.237 e. The van der Waals surface area contributed by atoms with Crippen molar-refractivity contribution in [2.75, 3.05) is 0 Å². The van der Waals surface area contributed by atoms with E-state index in [-0.39, 0.29) is 11.9 Å². The first-order valence-corrected chi connectivity index (χ1v) is 5.06. The van der Waals surface area contributed by atoms with Crippen LogP contribution in [0.3, 0.4) is 0 Å². The fourth-order valence-corrected chi connectivity index (χ4v) is 1.66. The highest BCUT2D eigenvalue weighted by atomic mass is 16.6. The van der Waals surface area contributed by atoms with Crippen molar-refractivity contribution in [1.82, 2.24) is 9.78 Å². The maximum Gasteiger partial charge on any atom is 0.237 e. The van der Waals surface area contributed by atoms with Crippen LogP contribution in [0.15, 0.2) is 24.4 Å². The molecule has 0 fully saturated rings. The molecule has 16 heavy (non-hydrogen) atoms. The Morgan fingerprint density at radius 1 is 1.50 bits per heavy atom. The lowest BCUT2D eigenvalue weighted by atomic mass is 10.1. The minimum atomic E-state index is -0.0431. The molecule has 5 nitrogen and oxygen atoms in total. The van der Waals surface area contributed by atoms with E-state index in [1.807, 2.05) is 23.0 Å². The molecule has 3 N–H and O–H groups in total. The Morgan fingerprint density at radius 2 is 2.25 bits per heavy atom. The monoisotopic (exact) mass is 218 g/mol. The van der Waals surface area contributed by atoms with Crippen molar-refractivity contribution in [3.63, 3.8) is 0 Å². The van der Waals surface area contributed by atoms with E-state index in [4.69, 9.17) is 11.3 Å². The second-order valence-corrected chi connectivity index (χ2v) is 3.90. The highest BCUT2D eigenvalue weighted by Gasteiger charge is 2.08. The van der Waals surface area contributed by atoms with E-state index in [1.165, 1.54) is 0 Å². The molecule has 0 aliphatic carbocycles. The predicted molar refractivity (Wildman–Crippen MR) is 62.2 cm³/mol. The third kappa shape index (κ3) is 1.65.